The Bertz CT molecular complexity index is 447. The van der Waals surface area contributed by atoms with Gasteiger partial charge in [0.25, 0.3) is 0 Å². The Morgan fingerprint density at radius 3 is 2.56 bits per heavy atom. The first-order valence-electron chi connectivity index (χ1n) is 5.29. The van der Waals surface area contributed by atoms with Crippen molar-refractivity contribution in [2.24, 2.45) is 0 Å². The maximum atomic E-state index is 12.8. The minimum absolute atomic E-state index is 0.185. The summed E-state index contributed by atoms with van der Waals surface area (Å²) in [6, 6.07) is 10.9. The molecule has 0 amide bonds. The highest BCUT2D eigenvalue weighted by atomic mass is 32.1. The van der Waals surface area contributed by atoms with E-state index < -0.39 is 0 Å². The van der Waals surface area contributed by atoms with Gasteiger partial charge in [-0.25, -0.2) is 4.39 Å². The molecule has 84 valence electrons. The van der Waals surface area contributed by atoms with E-state index in [4.69, 9.17) is 0 Å². The SMILES string of the molecule is CNCCc1ccc(-c2ccc(F)cc2)s1. The van der Waals surface area contributed by atoms with Crippen molar-refractivity contribution < 1.29 is 4.39 Å². The highest BCUT2D eigenvalue weighted by Crippen LogP contribution is 2.28. The van der Waals surface area contributed by atoms with Crippen LogP contribution in [0.5, 0.6) is 0 Å². The first kappa shape index (κ1) is 11.3. The van der Waals surface area contributed by atoms with E-state index in [0.717, 1.165) is 18.5 Å². The molecular formula is C13H14FNS. The third-order valence-corrected chi connectivity index (χ3v) is 3.61. The molecule has 1 aromatic carbocycles. The molecule has 3 heteroatoms. The lowest BCUT2D eigenvalue weighted by atomic mass is 10.2. The van der Waals surface area contributed by atoms with Gasteiger partial charge in [-0.3, -0.25) is 0 Å². The average molecular weight is 235 g/mol. The van der Waals surface area contributed by atoms with Gasteiger partial charge in [-0.1, -0.05) is 12.1 Å². The van der Waals surface area contributed by atoms with Crippen LogP contribution in [0, 0.1) is 5.82 Å². The molecule has 0 aliphatic heterocycles. The Morgan fingerprint density at radius 1 is 1.12 bits per heavy atom. The van der Waals surface area contributed by atoms with Crippen LogP contribution in [-0.2, 0) is 6.42 Å². The van der Waals surface area contributed by atoms with Crippen LogP contribution >= 0.6 is 11.3 Å². The third kappa shape index (κ3) is 2.68. The normalized spacial score (nSPS) is 10.6. The van der Waals surface area contributed by atoms with Gasteiger partial charge in [0.05, 0.1) is 0 Å². The van der Waals surface area contributed by atoms with E-state index in [9.17, 15) is 4.39 Å². The molecular weight excluding hydrogens is 221 g/mol. The Hall–Kier alpha value is -1.19. The lowest BCUT2D eigenvalue weighted by Crippen LogP contribution is -2.09. The first-order chi connectivity index (χ1) is 7.79. The lowest BCUT2D eigenvalue weighted by molar-refractivity contribution is 0.628. The highest BCUT2D eigenvalue weighted by Gasteiger charge is 2.02. The van der Waals surface area contributed by atoms with Crippen molar-refractivity contribution in [2.75, 3.05) is 13.6 Å². The van der Waals surface area contributed by atoms with Gasteiger partial charge in [0.2, 0.25) is 0 Å². The fourth-order valence-corrected chi connectivity index (χ4v) is 2.54. The van der Waals surface area contributed by atoms with Crippen LogP contribution in [0.4, 0.5) is 4.39 Å². The molecule has 0 saturated carbocycles. The molecule has 2 aromatic rings. The van der Waals surface area contributed by atoms with Gasteiger partial charge in [-0.05, 0) is 49.8 Å². The molecule has 1 nitrogen and oxygen atoms in total. The molecule has 0 aliphatic carbocycles. The quantitative estimate of drug-likeness (QED) is 0.857. The second kappa shape index (κ2) is 5.23. The molecule has 16 heavy (non-hydrogen) atoms. The zero-order valence-electron chi connectivity index (χ0n) is 9.16. The molecule has 0 bridgehead atoms. The van der Waals surface area contributed by atoms with Crippen LogP contribution in [0.1, 0.15) is 4.88 Å². The molecule has 0 aliphatic rings. The summed E-state index contributed by atoms with van der Waals surface area (Å²) in [6.07, 6.45) is 1.04. The number of hydrogen-bond acceptors (Lipinski definition) is 2. The molecule has 2 rings (SSSR count). The molecule has 0 spiro atoms. The van der Waals surface area contributed by atoms with E-state index >= 15 is 0 Å². The fourth-order valence-electron chi connectivity index (χ4n) is 1.53. The summed E-state index contributed by atoms with van der Waals surface area (Å²) in [5.74, 6) is -0.185. The summed E-state index contributed by atoms with van der Waals surface area (Å²) in [5, 5.41) is 3.13. The minimum Gasteiger partial charge on any atom is -0.319 e. The highest BCUT2D eigenvalue weighted by molar-refractivity contribution is 7.15. The predicted octanol–water partition coefficient (Wildman–Crippen LogP) is 3.32. The zero-order chi connectivity index (χ0) is 11.4. The van der Waals surface area contributed by atoms with Crippen molar-refractivity contribution in [3.63, 3.8) is 0 Å². The van der Waals surface area contributed by atoms with Gasteiger partial charge in [0.15, 0.2) is 0 Å². The third-order valence-electron chi connectivity index (χ3n) is 2.41. The van der Waals surface area contributed by atoms with E-state index in [-0.39, 0.29) is 5.82 Å². The van der Waals surface area contributed by atoms with Gasteiger partial charge >= 0.3 is 0 Å². The van der Waals surface area contributed by atoms with Crippen molar-refractivity contribution in [3.05, 3.63) is 47.1 Å². The largest absolute Gasteiger partial charge is 0.319 e. The van der Waals surface area contributed by atoms with Crippen LogP contribution in [0.25, 0.3) is 10.4 Å². The molecule has 0 atom stereocenters. The average Bonchev–Trinajstić information content (AvgIpc) is 2.76. The van der Waals surface area contributed by atoms with Crippen LogP contribution in [0.3, 0.4) is 0 Å². The van der Waals surface area contributed by atoms with Crippen LogP contribution in [-0.4, -0.2) is 13.6 Å². The number of benzene rings is 1. The Morgan fingerprint density at radius 2 is 1.88 bits per heavy atom. The van der Waals surface area contributed by atoms with Gasteiger partial charge < -0.3 is 5.32 Å². The predicted molar refractivity (Wildman–Crippen MR) is 67.3 cm³/mol. The standard InChI is InChI=1S/C13H14FNS/c1-15-9-8-12-6-7-13(16-12)10-2-4-11(14)5-3-10/h2-7,15H,8-9H2,1H3. The molecule has 1 aromatic heterocycles. The molecule has 1 heterocycles. The van der Waals surface area contributed by atoms with Crippen LogP contribution in [0.15, 0.2) is 36.4 Å². The summed E-state index contributed by atoms with van der Waals surface area (Å²) in [4.78, 5) is 2.56. The smallest absolute Gasteiger partial charge is 0.123 e. The van der Waals surface area contributed by atoms with Gasteiger partial charge in [0.1, 0.15) is 5.82 Å². The van der Waals surface area contributed by atoms with Crippen molar-refractivity contribution in [3.8, 4) is 10.4 Å². The van der Waals surface area contributed by atoms with E-state index in [1.165, 1.54) is 21.9 Å². The maximum Gasteiger partial charge on any atom is 0.123 e. The molecule has 0 fully saturated rings. The Kier molecular flexibility index (Phi) is 3.70. The monoisotopic (exact) mass is 235 g/mol. The summed E-state index contributed by atoms with van der Waals surface area (Å²) < 4.78 is 12.8. The second-order valence-electron chi connectivity index (χ2n) is 3.63. The maximum absolute atomic E-state index is 12.8. The molecule has 0 saturated heterocycles. The molecule has 0 unspecified atom stereocenters. The summed E-state index contributed by atoms with van der Waals surface area (Å²) in [7, 11) is 1.95. The first-order valence-corrected chi connectivity index (χ1v) is 6.10. The number of likely N-dealkylation sites (N-methyl/N-ethyl adjacent to an activating group) is 1. The Balaban J connectivity index is 2.15. The van der Waals surface area contributed by atoms with Crippen molar-refractivity contribution in [1.82, 2.24) is 5.32 Å². The number of halogens is 1. The van der Waals surface area contributed by atoms with Gasteiger partial charge in [-0.15, -0.1) is 11.3 Å². The minimum atomic E-state index is -0.185. The number of hydrogen-bond donors (Lipinski definition) is 1. The Labute approximate surface area is 98.9 Å². The van der Waals surface area contributed by atoms with Crippen molar-refractivity contribution in [2.45, 2.75) is 6.42 Å². The number of thiophene rings is 1. The zero-order valence-corrected chi connectivity index (χ0v) is 9.98. The number of rotatable bonds is 4. The van der Waals surface area contributed by atoms with E-state index in [1.807, 2.05) is 19.2 Å². The fraction of sp³-hybridized carbons (Fsp3) is 0.231. The van der Waals surface area contributed by atoms with Crippen molar-refractivity contribution in [1.29, 1.82) is 0 Å². The number of nitrogens with one attached hydrogen (secondary N) is 1. The van der Waals surface area contributed by atoms with Gasteiger partial charge in [-0.2, -0.15) is 0 Å². The van der Waals surface area contributed by atoms with E-state index in [2.05, 4.69) is 17.4 Å². The van der Waals surface area contributed by atoms with Crippen LogP contribution < -0.4 is 5.32 Å². The molecule has 1 N–H and O–H groups in total. The van der Waals surface area contributed by atoms with Crippen LogP contribution in [0.2, 0.25) is 0 Å². The summed E-state index contributed by atoms with van der Waals surface area (Å²) in [6.45, 7) is 0.989. The lowest BCUT2D eigenvalue weighted by Gasteiger charge is -1.97. The van der Waals surface area contributed by atoms with E-state index in [1.54, 1.807) is 11.3 Å². The molecule has 0 radical (unpaired) electrons. The summed E-state index contributed by atoms with van der Waals surface area (Å²) in [5.41, 5.74) is 1.09. The summed E-state index contributed by atoms with van der Waals surface area (Å²) >= 11 is 1.77. The second-order valence-corrected chi connectivity index (χ2v) is 4.79. The van der Waals surface area contributed by atoms with Gasteiger partial charge in [0, 0.05) is 9.75 Å². The topological polar surface area (TPSA) is 12.0 Å². The van der Waals surface area contributed by atoms with Crippen molar-refractivity contribution >= 4 is 11.3 Å². The van der Waals surface area contributed by atoms with E-state index in [0.29, 0.717) is 0 Å².